The molecule has 0 radical (unpaired) electrons. The number of fused-ring (bicyclic) bond motifs is 5. The Labute approximate surface area is 200 Å². The topological polar surface area (TPSA) is 87.0 Å². The van der Waals surface area contributed by atoms with Crippen molar-refractivity contribution in [2.75, 3.05) is 6.61 Å². The molecule has 0 aromatic carbocycles. The van der Waals surface area contributed by atoms with Crippen molar-refractivity contribution in [3.8, 4) is 0 Å². The molecule has 3 saturated carbocycles. The molecular weight excluding hydrogens is 416 g/mol. The van der Waals surface area contributed by atoms with Gasteiger partial charge in [-0.3, -0.25) is 4.79 Å². The molecule has 3 N–H and O–H groups in total. The molecule has 1 aliphatic heterocycles. The molecule has 0 amide bonds. The Kier molecular flexibility index (Phi) is 7.01. The van der Waals surface area contributed by atoms with Gasteiger partial charge >= 0.3 is 5.97 Å². The minimum absolute atomic E-state index is 0.0363. The van der Waals surface area contributed by atoms with Crippen LogP contribution in [0, 0.1) is 58.2 Å². The lowest BCUT2D eigenvalue weighted by Crippen LogP contribution is -2.52. The summed E-state index contributed by atoms with van der Waals surface area (Å²) in [5, 5.41) is 32.3. The van der Waals surface area contributed by atoms with Crippen LogP contribution in [0.2, 0.25) is 0 Å². The number of esters is 1. The van der Waals surface area contributed by atoms with Gasteiger partial charge in [0.1, 0.15) is 0 Å². The number of carbonyl (C=O) groups excluding carboxylic acids is 1. The number of aliphatic hydroxyl groups excluding tert-OH is 3. The molecule has 4 rings (SSSR count). The molecule has 4 fully saturated rings. The van der Waals surface area contributed by atoms with E-state index in [4.69, 9.17) is 4.74 Å². The van der Waals surface area contributed by atoms with E-state index in [1.807, 2.05) is 6.92 Å². The van der Waals surface area contributed by atoms with E-state index in [2.05, 4.69) is 34.6 Å². The minimum Gasteiger partial charge on any atom is -0.465 e. The first kappa shape index (κ1) is 25.4. The Hall–Kier alpha value is -0.650. The molecule has 33 heavy (non-hydrogen) atoms. The second-order valence-electron chi connectivity index (χ2n) is 13.2. The van der Waals surface area contributed by atoms with Gasteiger partial charge in [0.05, 0.1) is 30.8 Å². The average Bonchev–Trinajstić information content (AvgIpc) is 3.08. The van der Waals surface area contributed by atoms with Crippen LogP contribution < -0.4 is 0 Å². The fourth-order valence-electron chi connectivity index (χ4n) is 8.90. The smallest absolute Gasteiger partial charge is 0.309 e. The third-order valence-corrected chi connectivity index (χ3v) is 11.5. The normalized spacial score (nSPS) is 46.9. The second-order valence-corrected chi connectivity index (χ2v) is 13.2. The van der Waals surface area contributed by atoms with Crippen molar-refractivity contribution in [2.24, 2.45) is 58.2 Å². The number of hydrogen-bond acceptors (Lipinski definition) is 5. The van der Waals surface area contributed by atoms with Gasteiger partial charge < -0.3 is 20.1 Å². The Bertz CT molecular complexity index is 723. The molecule has 0 aromatic heterocycles. The van der Waals surface area contributed by atoms with E-state index in [0.29, 0.717) is 42.6 Å². The van der Waals surface area contributed by atoms with E-state index in [1.54, 1.807) is 0 Å². The monoisotopic (exact) mass is 464 g/mol. The molecule has 4 aliphatic rings. The van der Waals surface area contributed by atoms with Crippen LogP contribution in [0.4, 0.5) is 0 Å². The van der Waals surface area contributed by atoms with Crippen molar-refractivity contribution in [2.45, 2.75) is 105 Å². The van der Waals surface area contributed by atoms with E-state index in [-0.39, 0.29) is 40.7 Å². The molecule has 12 atom stereocenters. The first-order chi connectivity index (χ1) is 15.4. The van der Waals surface area contributed by atoms with Gasteiger partial charge in [0.2, 0.25) is 0 Å². The summed E-state index contributed by atoms with van der Waals surface area (Å²) in [6.45, 7) is 13.6. The highest BCUT2D eigenvalue weighted by Crippen LogP contribution is 2.66. The maximum absolute atomic E-state index is 13.0. The lowest BCUT2D eigenvalue weighted by Gasteiger charge is -2.55. The molecule has 0 spiro atoms. The highest BCUT2D eigenvalue weighted by Gasteiger charge is 2.62. The van der Waals surface area contributed by atoms with Crippen molar-refractivity contribution < 1.29 is 24.9 Å². The zero-order chi connectivity index (χ0) is 24.3. The molecule has 0 bridgehead atoms. The summed E-state index contributed by atoms with van der Waals surface area (Å²) in [6, 6.07) is 0. The standard InChI is InChI=1S/C28H48O5/c1-15(2)16(3)24(30)25(31)17(4)20-7-8-21-19-14-33-26(32)23-13-18(29)9-11-28(23,6)22(19)10-12-27(20,21)5/h15-25,29-31H,7-14H2,1-6H3/t16-,17+,18+,19+,20-,21+,22+,23-,24-,25-,27-,28-/m1/s1. The number of aliphatic hydroxyl groups is 3. The summed E-state index contributed by atoms with van der Waals surface area (Å²) < 4.78 is 5.91. The van der Waals surface area contributed by atoms with Crippen molar-refractivity contribution in [1.29, 1.82) is 0 Å². The van der Waals surface area contributed by atoms with Crippen molar-refractivity contribution in [3.63, 3.8) is 0 Å². The summed E-state index contributed by atoms with van der Waals surface area (Å²) in [6.07, 6.45) is 4.78. The van der Waals surface area contributed by atoms with Crippen LogP contribution in [0.5, 0.6) is 0 Å². The largest absolute Gasteiger partial charge is 0.465 e. The van der Waals surface area contributed by atoms with E-state index >= 15 is 0 Å². The number of carbonyl (C=O) groups is 1. The average molecular weight is 465 g/mol. The van der Waals surface area contributed by atoms with Gasteiger partial charge in [0, 0.05) is 0 Å². The highest BCUT2D eigenvalue weighted by atomic mass is 16.5. The Morgan fingerprint density at radius 1 is 0.909 bits per heavy atom. The summed E-state index contributed by atoms with van der Waals surface area (Å²) in [5.74, 6) is 1.78. The van der Waals surface area contributed by atoms with Crippen LogP contribution in [-0.4, -0.2) is 46.2 Å². The van der Waals surface area contributed by atoms with E-state index in [1.165, 1.54) is 0 Å². The zero-order valence-corrected chi connectivity index (χ0v) is 21.7. The predicted molar refractivity (Wildman–Crippen MR) is 128 cm³/mol. The highest BCUT2D eigenvalue weighted by molar-refractivity contribution is 5.74. The van der Waals surface area contributed by atoms with Crippen molar-refractivity contribution in [1.82, 2.24) is 0 Å². The van der Waals surface area contributed by atoms with Crippen LogP contribution in [-0.2, 0) is 9.53 Å². The van der Waals surface area contributed by atoms with Gasteiger partial charge in [-0.25, -0.2) is 0 Å². The molecule has 5 heteroatoms. The van der Waals surface area contributed by atoms with Crippen LogP contribution >= 0.6 is 0 Å². The van der Waals surface area contributed by atoms with Crippen molar-refractivity contribution in [3.05, 3.63) is 0 Å². The van der Waals surface area contributed by atoms with Gasteiger partial charge in [0.15, 0.2) is 0 Å². The quantitative estimate of drug-likeness (QED) is 0.524. The Morgan fingerprint density at radius 3 is 2.21 bits per heavy atom. The Morgan fingerprint density at radius 2 is 1.55 bits per heavy atom. The van der Waals surface area contributed by atoms with E-state index < -0.39 is 12.2 Å². The molecule has 3 aliphatic carbocycles. The number of hydrogen-bond donors (Lipinski definition) is 3. The fraction of sp³-hybridized carbons (Fsp3) is 0.964. The molecular formula is C28H48O5. The number of rotatable bonds is 5. The first-order valence-corrected chi connectivity index (χ1v) is 13.6. The SMILES string of the molecule is CC(C)[C@@H](C)[C@@H](O)[C@H](O)[C@@H](C)[C@H]1CC[C@H]2[C@@H]3COC(=O)[C@H]4C[C@@H](O)CC[C@]4(C)[C@H]3CC[C@]12C. The summed E-state index contributed by atoms with van der Waals surface area (Å²) in [5.41, 5.74) is 0.00402. The molecule has 0 unspecified atom stereocenters. The molecule has 1 heterocycles. The second kappa shape index (κ2) is 9.09. The fourth-order valence-corrected chi connectivity index (χ4v) is 8.90. The third kappa shape index (κ3) is 4.08. The first-order valence-electron chi connectivity index (χ1n) is 13.6. The van der Waals surface area contributed by atoms with Crippen LogP contribution in [0.25, 0.3) is 0 Å². The minimum atomic E-state index is -0.714. The molecule has 1 saturated heterocycles. The van der Waals surface area contributed by atoms with Gasteiger partial charge in [-0.05, 0) is 97.2 Å². The molecule has 5 nitrogen and oxygen atoms in total. The number of ether oxygens (including phenoxy) is 1. The van der Waals surface area contributed by atoms with Gasteiger partial charge in [-0.1, -0.05) is 41.5 Å². The summed E-state index contributed by atoms with van der Waals surface area (Å²) in [4.78, 5) is 13.0. The van der Waals surface area contributed by atoms with Gasteiger partial charge in [0.25, 0.3) is 0 Å². The van der Waals surface area contributed by atoms with Crippen molar-refractivity contribution >= 4 is 5.97 Å². The van der Waals surface area contributed by atoms with Gasteiger partial charge in [-0.15, -0.1) is 0 Å². The van der Waals surface area contributed by atoms with Crippen LogP contribution in [0.3, 0.4) is 0 Å². The van der Waals surface area contributed by atoms with E-state index in [0.717, 1.165) is 38.5 Å². The summed E-state index contributed by atoms with van der Waals surface area (Å²) >= 11 is 0. The summed E-state index contributed by atoms with van der Waals surface area (Å²) in [7, 11) is 0. The third-order valence-electron chi connectivity index (χ3n) is 11.5. The lowest BCUT2D eigenvalue weighted by molar-refractivity contribution is -0.155. The van der Waals surface area contributed by atoms with Gasteiger partial charge in [-0.2, -0.15) is 0 Å². The Balaban J connectivity index is 1.56. The lowest BCUT2D eigenvalue weighted by atomic mass is 9.48. The predicted octanol–water partition coefficient (Wildman–Crippen LogP) is 4.42. The van der Waals surface area contributed by atoms with Crippen LogP contribution in [0.15, 0.2) is 0 Å². The maximum Gasteiger partial charge on any atom is 0.309 e. The zero-order valence-electron chi connectivity index (χ0n) is 21.7. The maximum atomic E-state index is 13.0. The molecule has 0 aromatic rings. The van der Waals surface area contributed by atoms with E-state index in [9.17, 15) is 20.1 Å². The van der Waals surface area contributed by atoms with Crippen LogP contribution in [0.1, 0.15) is 86.5 Å². The number of cyclic esters (lactones) is 1. The molecule has 190 valence electrons.